The number of carbonyl (C=O) groups is 2. The first-order valence-corrected chi connectivity index (χ1v) is 37.7. The second kappa shape index (κ2) is 28.7. The number of hydrogen-bond acceptors (Lipinski definition) is 15. The van der Waals surface area contributed by atoms with Gasteiger partial charge in [-0.1, -0.05) is 92.5 Å². The molecule has 5 heterocycles. The summed E-state index contributed by atoms with van der Waals surface area (Å²) in [7, 11) is -5.35. The Hall–Kier alpha value is -3.63. The number of rotatable bonds is 32. The summed E-state index contributed by atoms with van der Waals surface area (Å²) in [6.07, 6.45) is 16.7. The lowest BCUT2D eigenvalue weighted by Gasteiger charge is -2.44. The first kappa shape index (κ1) is 69.1. The summed E-state index contributed by atoms with van der Waals surface area (Å²) >= 11 is 3.14. The molecule has 0 aromatic carbocycles. The minimum atomic E-state index is -2.68. The van der Waals surface area contributed by atoms with E-state index in [0.29, 0.717) is 35.3 Å². The maximum Gasteiger partial charge on any atom is 0.309 e. The fraction of sp³-hybridized carbons (Fsp3) is 0.719. The maximum atomic E-state index is 14.9. The molecule has 2 aliphatic rings. The van der Waals surface area contributed by atoms with Crippen molar-refractivity contribution in [1.82, 2.24) is 15.1 Å². The van der Waals surface area contributed by atoms with Crippen molar-refractivity contribution in [1.29, 1.82) is 0 Å². The largest absolute Gasteiger partial charge is 0.458 e. The normalized spacial score (nSPS) is 21.0. The second-order valence-electron chi connectivity index (χ2n) is 27.8. The van der Waals surface area contributed by atoms with E-state index >= 15 is 0 Å². The van der Waals surface area contributed by atoms with E-state index in [9.17, 15) is 14.8 Å². The molecule has 3 aromatic heterocycles. The summed E-state index contributed by atoms with van der Waals surface area (Å²) in [4.78, 5) is 39.5. The number of thiazole rings is 2. The van der Waals surface area contributed by atoms with Crippen LogP contribution in [0.3, 0.4) is 0 Å². The summed E-state index contributed by atoms with van der Waals surface area (Å²) < 4.78 is 45.9. The zero-order valence-corrected chi connectivity index (χ0v) is 57.8. The highest BCUT2D eigenvalue weighted by atomic mass is 32.1. The lowest BCUT2D eigenvalue weighted by Crippen LogP contribution is -2.54. The van der Waals surface area contributed by atoms with Crippen LogP contribution in [0.25, 0.3) is 12.2 Å². The van der Waals surface area contributed by atoms with Crippen LogP contribution in [0.2, 0.25) is 36.3 Å². The van der Waals surface area contributed by atoms with Gasteiger partial charge in [0.1, 0.15) is 12.2 Å². The Balaban J connectivity index is 1.48. The van der Waals surface area contributed by atoms with Crippen LogP contribution in [-0.2, 0) is 48.2 Å². The average Bonchev–Trinajstić information content (AvgIpc) is 3.90. The molecule has 2 fully saturated rings. The lowest BCUT2D eigenvalue weighted by molar-refractivity contribution is -0.810. The monoisotopic (exact) mass is 1210 g/mol. The van der Waals surface area contributed by atoms with Crippen molar-refractivity contribution in [3.63, 3.8) is 0 Å². The minimum Gasteiger partial charge on any atom is -0.458 e. The van der Waals surface area contributed by atoms with Gasteiger partial charge in [-0.05, 0) is 171 Å². The number of allylic oxidation sites excluding steroid dienone is 4. The second-order valence-corrected chi connectivity index (χ2v) is 39.4. The molecule has 0 unspecified atom stereocenters. The molecule has 14 nitrogen and oxygen atoms in total. The predicted molar refractivity (Wildman–Crippen MR) is 338 cm³/mol. The molecule has 82 heavy (non-hydrogen) atoms. The van der Waals surface area contributed by atoms with Crippen molar-refractivity contribution in [2.24, 2.45) is 11.8 Å². The molecule has 2 aliphatic heterocycles. The number of carbonyl (C=O) groups excluding carboxylic acids is 2. The molecule has 10 atom stereocenters. The van der Waals surface area contributed by atoms with E-state index in [2.05, 4.69) is 135 Å². The molecule has 0 bridgehead atoms. The standard InChI is InChI=1S/C64H104N4O10S2Si2/c1-23-27-41(3)29-25-31-49-53(72-49)35-51(43(5)33-47-39-79-45(7)65-47)74-57(69)37-55(76-81(19,20)61(9,10)11)63(15,16)59-60(68(71)78-67-59)64(17,18)56(77-82(21,22)62(12,13)14)38-58(70)75-52(44(6)34-48-40-80-46(8)66-48)36-54-50(73-54)32-26-30-42(4)28-24-2/h23-24,27-28,33-34,39-42,49-56H,25-26,29-32,35-38H2,1-22H3/b27-23-,28-24-,43-33+,44-34+/t41-,42-,49-,50-,51+,52+,53+,54+,55+,56+/m1/s1. The van der Waals surface area contributed by atoms with Gasteiger partial charge in [-0.2, -0.15) is 0 Å². The van der Waals surface area contributed by atoms with Gasteiger partial charge in [0, 0.05) is 28.8 Å². The fourth-order valence-electron chi connectivity index (χ4n) is 10.2. The number of hydrogen-bond donors (Lipinski definition) is 0. The van der Waals surface area contributed by atoms with E-state index in [4.69, 9.17) is 32.4 Å². The van der Waals surface area contributed by atoms with Crippen molar-refractivity contribution < 1.29 is 46.9 Å². The average molecular weight is 1210 g/mol. The third-order valence-corrected chi connectivity index (χ3v) is 28.4. The number of ether oxygens (including phenoxy) is 4. The summed E-state index contributed by atoms with van der Waals surface area (Å²) in [5.74, 6) is 0.0808. The number of aromatic nitrogens is 4. The van der Waals surface area contributed by atoms with Gasteiger partial charge in [0.05, 0.1) is 81.7 Å². The number of epoxide rings is 2. The number of nitrogens with zero attached hydrogens (tertiary/aromatic N) is 4. The van der Waals surface area contributed by atoms with Gasteiger partial charge >= 0.3 is 11.9 Å². The van der Waals surface area contributed by atoms with E-state index in [1.165, 1.54) is 0 Å². The smallest absolute Gasteiger partial charge is 0.309 e. The van der Waals surface area contributed by atoms with E-state index < -0.39 is 63.8 Å². The van der Waals surface area contributed by atoms with Crippen molar-refractivity contribution in [2.75, 3.05) is 0 Å². The zero-order valence-electron chi connectivity index (χ0n) is 54.2. The highest BCUT2D eigenvalue weighted by Crippen LogP contribution is 2.46. The summed E-state index contributed by atoms with van der Waals surface area (Å²) in [6.45, 7) is 45.7. The molecule has 0 aliphatic carbocycles. The Morgan fingerprint density at radius 3 is 1.41 bits per heavy atom. The molecule has 3 aromatic rings. The van der Waals surface area contributed by atoms with Crippen molar-refractivity contribution in [2.45, 2.75) is 285 Å². The third kappa shape index (κ3) is 19.4. The first-order chi connectivity index (χ1) is 38.0. The SMILES string of the molecule is C/C=C\[C@@H](C)CCC[C@H]1O[C@H]1C[C@H](OC(=O)C[C@H](O[Si](C)(C)C(C)(C)C)C(C)(C)c1no[n+]([O-])c1C(C)(C)[C@H](CC(=O)O[C@@H](C[C@@H]1O[C@@H]1CCC[C@H](C)/C=C\C)/C(C)=C/c1csc(C)n1)O[Si](C)(C)C(C)(C)C)/C(C)=C/c1csc(C)n1. The molecular formula is C64H104N4O10S2Si2. The minimum absolute atomic E-state index is 0.0480. The van der Waals surface area contributed by atoms with E-state index in [-0.39, 0.29) is 53.0 Å². The maximum absolute atomic E-state index is 14.9. The molecule has 0 N–H and O–H groups in total. The summed E-state index contributed by atoms with van der Waals surface area (Å²) in [5, 5.41) is 24.4. The number of esters is 2. The Morgan fingerprint density at radius 1 is 0.671 bits per heavy atom. The molecule has 5 rings (SSSR count). The van der Waals surface area contributed by atoms with Crippen LogP contribution >= 0.6 is 22.7 Å². The Morgan fingerprint density at radius 2 is 1.06 bits per heavy atom. The fourth-order valence-corrected chi connectivity index (χ4v) is 14.2. The number of aryl methyl sites for hydroxylation is 2. The van der Waals surface area contributed by atoms with Gasteiger partial charge in [-0.25, -0.2) is 9.97 Å². The van der Waals surface area contributed by atoms with Gasteiger partial charge in [-0.15, -0.1) is 22.7 Å². The van der Waals surface area contributed by atoms with Crippen LogP contribution < -0.4 is 4.90 Å². The van der Waals surface area contributed by atoms with Crippen LogP contribution in [0.4, 0.5) is 0 Å². The molecular weight excluding hydrogens is 1110 g/mol. The Labute approximate surface area is 503 Å². The topological polar surface area (TPSA) is 175 Å². The van der Waals surface area contributed by atoms with Crippen molar-refractivity contribution in [3.8, 4) is 0 Å². The summed E-state index contributed by atoms with van der Waals surface area (Å²) in [5.41, 5.74) is 1.49. The van der Waals surface area contributed by atoms with Crippen LogP contribution in [0.5, 0.6) is 0 Å². The molecule has 0 saturated carbocycles. The molecule has 0 spiro atoms. The lowest BCUT2D eigenvalue weighted by atomic mass is 9.73. The van der Waals surface area contributed by atoms with Crippen LogP contribution in [0.15, 0.2) is 50.8 Å². The van der Waals surface area contributed by atoms with Crippen LogP contribution in [-0.4, -0.2) is 92.5 Å². The quantitative estimate of drug-likeness (QED) is 0.0190. The van der Waals surface area contributed by atoms with Crippen molar-refractivity contribution in [3.05, 3.63) is 84.2 Å². The Kier molecular flexibility index (Phi) is 24.2. The Bertz CT molecular complexity index is 2690. The predicted octanol–water partition coefficient (Wildman–Crippen LogP) is 16.1. The molecule has 0 radical (unpaired) electrons. The third-order valence-electron chi connectivity index (χ3n) is 17.8. The zero-order chi connectivity index (χ0) is 61.3. The van der Waals surface area contributed by atoms with Gasteiger partial charge in [0.2, 0.25) is 11.4 Å². The van der Waals surface area contributed by atoms with Crippen LogP contribution in [0, 0.1) is 30.9 Å². The molecule has 0 amide bonds. The molecule has 2 saturated heterocycles. The molecule has 460 valence electrons. The molecule has 18 heteroatoms. The summed E-state index contributed by atoms with van der Waals surface area (Å²) in [6, 6.07) is 0. The first-order valence-electron chi connectivity index (χ1n) is 30.1. The van der Waals surface area contributed by atoms with Gasteiger partial charge in [0.25, 0.3) is 0 Å². The van der Waals surface area contributed by atoms with E-state index in [0.717, 1.165) is 71.1 Å². The van der Waals surface area contributed by atoms with Gasteiger partial charge in [0.15, 0.2) is 16.6 Å². The highest BCUT2D eigenvalue weighted by Gasteiger charge is 2.54. The van der Waals surface area contributed by atoms with Crippen LogP contribution in [0.1, 0.15) is 208 Å². The van der Waals surface area contributed by atoms with Gasteiger partial charge in [-0.3, -0.25) is 14.2 Å². The van der Waals surface area contributed by atoms with Gasteiger partial charge < -0.3 is 33.0 Å². The highest BCUT2D eigenvalue weighted by molar-refractivity contribution is 7.09. The van der Waals surface area contributed by atoms with E-state index in [1.807, 2.05) is 78.3 Å². The van der Waals surface area contributed by atoms with Crippen molar-refractivity contribution >= 4 is 63.4 Å². The van der Waals surface area contributed by atoms with E-state index in [1.54, 1.807) is 22.7 Å².